The summed E-state index contributed by atoms with van der Waals surface area (Å²) in [6.45, 7) is 17.4. The lowest BCUT2D eigenvalue weighted by atomic mass is 9.32. The highest BCUT2D eigenvalue weighted by atomic mass is 16.3. The maximum absolute atomic E-state index is 10.7. The van der Waals surface area contributed by atoms with Crippen LogP contribution in [-0.4, -0.2) is 22.9 Å². The van der Waals surface area contributed by atoms with Gasteiger partial charge < -0.3 is 10.2 Å². The zero-order valence-electron chi connectivity index (χ0n) is 22.8. The van der Waals surface area contributed by atoms with Crippen LogP contribution in [0.5, 0.6) is 0 Å². The third-order valence-electron chi connectivity index (χ3n) is 13.4. The summed E-state index contributed by atoms with van der Waals surface area (Å²) in [5, 5.41) is 21.4. The fraction of sp³-hybridized carbons (Fsp3) is 0.875. The van der Waals surface area contributed by atoms with Crippen molar-refractivity contribution in [2.75, 3.05) is 6.61 Å². The van der Waals surface area contributed by atoms with Crippen LogP contribution in [0, 0.1) is 70.0 Å². The van der Waals surface area contributed by atoms with Crippen molar-refractivity contribution < 1.29 is 10.2 Å². The molecule has 5 fully saturated rings. The fourth-order valence-corrected chi connectivity index (χ4v) is 11.4. The lowest BCUT2D eigenvalue weighted by molar-refractivity contribution is -0.247. The summed E-state index contributed by atoms with van der Waals surface area (Å²) in [4.78, 5) is 0. The summed E-state index contributed by atoms with van der Waals surface area (Å²) >= 11 is 0. The summed E-state index contributed by atoms with van der Waals surface area (Å²) < 4.78 is 0. The first-order valence-corrected chi connectivity index (χ1v) is 14.3. The standard InChI is InChI=1S/C30H50O2.C2H2/c1-19(2)21-8-7-13-30(18-31)17-16-28(5)23(26(21)30)9-10-25-27(4)14-12-24(32)20(3)22(27)11-15-29(25,28)6;1-2/h20-26,31-32H,1,7-18H2,2-6H3;1-2H/t20-,21-,22?,23?,24-,25?,26?,27-,28+,29+,30+;/m0./s1. The van der Waals surface area contributed by atoms with E-state index in [-0.39, 0.29) is 11.5 Å². The Balaban J connectivity index is 0.00000133. The maximum Gasteiger partial charge on any atom is 0.0568 e. The normalized spacial score (nSPS) is 54.2. The van der Waals surface area contributed by atoms with E-state index >= 15 is 0 Å². The van der Waals surface area contributed by atoms with Crippen molar-refractivity contribution >= 4 is 0 Å². The van der Waals surface area contributed by atoms with Crippen LogP contribution in [0.3, 0.4) is 0 Å². The molecule has 0 saturated heterocycles. The molecule has 5 saturated carbocycles. The number of allylic oxidation sites excluding steroid dienone is 1. The molecule has 2 heteroatoms. The minimum atomic E-state index is -0.0947. The highest BCUT2D eigenvalue weighted by molar-refractivity contribution is 5.20. The predicted molar refractivity (Wildman–Crippen MR) is 142 cm³/mol. The van der Waals surface area contributed by atoms with E-state index in [0.717, 1.165) is 18.3 Å². The minimum Gasteiger partial charge on any atom is -0.396 e. The van der Waals surface area contributed by atoms with Gasteiger partial charge in [0.05, 0.1) is 6.10 Å². The average Bonchev–Trinajstić information content (AvgIpc) is 2.83. The molecule has 0 aromatic carbocycles. The summed E-state index contributed by atoms with van der Waals surface area (Å²) in [6.07, 6.45) is 21.7. The molecule has 0 amide bonds. The Kier molecular flexibility index (Phi) is 6.92. The van der Waals surface area contributed by atoms with E-state index in [4.69, 9.17) is 0 Å². The van der Waals surface area contributed by atoms with Crippen LogP contribution in [0.25, 0.3) is 0 Å². The molecular weight excluding hydrogens is 416 g/mol. The van der Waals surface area contributed by atoms with Gasteiger partial charge in [0.25, 0.3) is 0 Å². The van der Waals surface area contributed by atoms with Crippen molar-refractivity contribution in [2.24, 2.45) is 57.2 Å². The van der Waals surface area contributed by atoms with Gasteiger partial charge in [-0.3, -0.25) is 0 Å². The molecule has 0 spiro atoms. The monoisotopic (exact) mass is 468 g/mol. The number of rotatable bonds is 2. The molecule has 2 N–H and O–H groups in total. The molecule has 34 heavy (non-hydrogen) atoms. The second-order valence-electron chi connectivity index (χ2n) is 14.1. The van der Waals surface area contributed by atoms with Crippen LogP contribution in [0.2, 0.25) is 0 Å². The van der Waals surface area contributed by atoms with Gasteiger partial charge in [-0.2, -0.15) is 0 Å². The Morgan fingerprint density at radius 2 is 1.59 bits per heavy atom. The second kappa shape index (κ2) is 8.95. The van der Waals surface area contributed by atoms with E-state index in [1.165, 1.54) is 69.8 Å². The third-order valence-corrected chi connectivity index (χ3v) is 13.4. The summed E-state index contributed by atoms with van der Waals surface area (Å²) in [7, 11) is 0. The molecule has 0 radical (unpaired) electrons. The first kappa shape index (κ1) is 26.3. The van der Waals surface area contributed by atoms with Gasteiger partial charge in [-0.15, -0.1) is 12.8 Å². The highest BCUT2D eigenvalue weighted by Crippen LogP contribution is 2.76. The fourth-order valence-electron chi connectivity index (χ4n) is 11.4. The van der Waals surface area contributed by atoms with Crippen LogP contribution in [0.15, 0.2) is 12.2 Å². The summed E-state index contributed by atoms with van der Waals surface area (Å²) in [5.41, 5.74) is 2.62. The average molecular weight is 469 g/mol. The van der Waals surface area contributed by atoms with E-state index in [9.17, 15) is 10.2 Å². The van der Waals surface area contributed by atoms with E-state index in [1.807, 2.05) is 0 Å². The van der Waals surface area contributed by atoms with Gasteiger partial charge in [-0.25, -0.2) is 0 Å². The van der Waals surface area contributed by atoms with Crippen LogP contribution in [0.1, 0.15) is 105 Å². The van der Waals surface area contributed by atoms with Crippen molar-refractivity contribution in [3.63, 3.8) is 0 Å². The van der Waals surface area contributed by atoms with Crippen molar-refractivity contribution in [2.45, 2.75) is 111 Å². The molecule has 2 nitrogen and oxygen atoms in total. The second-order valence-corrected chi connectivity index (χ2v) is 14.1. The summed E-state index contributed by atoms with van der Waals surface area (Å²) in [6, 6.07) is 0. The van der Waals surface area contributed by atoms with Crippen molar-refractivity contribution in [3.8, 4) is 12.8 Å². The lowest BCUT2D eigenvalue weighted by Gasteiger charge is -2.73. The van der Waals surface area contributed by atoms with Gasteiger partial charge in [0.1, 0.15) is 0 Å². The molecule has 0 aliphatic heterocycles. The zero-order valence-corrected chi connectivity index (χ0v) is 22.8. The lowest BCUT2D eigenvalue weighted by Crippen LogP contribution is -2.66. The quantitative estimate of drug-likeness (QED) is 0.331. The van der Waals surface area contributed by atoms with Crippen molar-refractivity contribution in [3.05, 3.63) is 12.2 Å². The van der Waals surface area contributed by atoms with Crippen molar-refractivity contribution in [1.29, 1.82) is 0 Å². The SMILES string of the molecule is C#C.C=C(C)[C@@H]1CCC[C@]2(CO)CC[C@]3(C)C(CCC4[C@@]5(C)CC[C@H](O)[C@@H](C)C5CC[C@]43C)C12. The molecule has 4 unspecified atom stereocenters. The van der Waals surface area contributed by atoms with Crippen LogP contribution < -0.4 is 0 Å². The highest BCUT2D eigenvalue weighted by Gasteiger charge is 2.69. The molecule has 0 heterocycles. The molecule has 0 aromatic heterocycles. The molecule has 0 aromatic rings. The Hall–Kier alpha value is -0.780. The van der Waals surface area contributed by atoms with Crippen LogP contribution in [-0.2, 0) is 0 Å². The van der Waals surface area contributed by atoms with Gasteiger partial charge in [0.2, 0.25) is 0 Å². The Bertz CT molecular complexity index is 800. The Morgan fingerprint density at radius 1 is 0.882 bits per heavy atom. The Labute approximate surface area is 210 Å². The van der Waals surface area contributed by atoms with Crippen molar-refractivity contribution in [1.82, 2.24) is 0 Å². The van der Waals surface area contributed by atoms with E-state index in [1.54, 1.807) is 0 Å². The molecular formula is C32H52O2. The largest absolute Gasteiger partial charge is 0.396 e. The van der Waals surface area contributed by atoms with Gasteiger partial charge in [0, 0.05) is 6.61 Å². The zero-order chi connectivity index (χ0) is 25.1. The van der Waals surface area contributed by atoms with Gasteiger partial charge in [-0.1, -0.05) is 46.3 Å². The number of aliphatic hydroxyl groups excluding tert-OH is 2. The van der Waals surface area contributed by atoms with Crippen LogP contribution >= 0.6 is 0 Å². The minimum absolute atomic E-state index is 0.0947. The van der Waals surface area contributed by atoms with Gasteiger partial charge in [0.15, 0.2) is 0 Å². The topological polar surface area (TPSA) is 40.5 Å². The molecule has 11 atom stereocenters. The smallest absolute Gasteiger partial charge is 0.0568 e. The van der Waals surface area contributed by atoms with E-state index in [2.05, 4.69) is 54.0 Å². The summed E-state index contributed by atoms with van der Waals surface area (Å²) in [5.74, 6) is 3.84. The first-order valence-electron chi connectivity index (χ1n) is 14.3. The maximum atomic E-state index is 10.7. The molecule has 5 aliphatic carbocycles. The first-order chi connectivity index (χ1) is 16.0. The van der Waals surface area contributed by atoms with Gasteiger partial charge >= 0.3 is 0 Å². The number of fused-ring (bicyclic) bond motifs is 7. The Morgan fingerprint density at radius 3 is 2.24 bits per heavy atom. The number of hydrogen-bond acceptors (Lipinski definition) is 2. The third kappa shape index (κ3) is 3.35. The van der Waals surface area contributed by atoms with E-state index in [0.29, 0.717) is 46.5 Å². The predicted octanol–water partition coefficient (Wildman–Crippen LogP) is 7.25. The number of terminal acetylenes is 1. The molecule has 5 rings (SSSR count). The molecule has 192 valence electrons. The van der Waals surface area contributed by atoms with Crippen LogP contribution in [0.4, 0.5) is 0 Å². The van der Waals surface area contributed by atoms with Gasteiger partial charge in [-0.05, 0) is 128 Å². The number of hydrogen-bond donors (Lipinski definition) is 2. The van der Waals surface area contributed by atoms with E-state index < -0.39 is 0 Å². The molecule has 5 aliphatic rings. The number of aliphatic hydroxyl groups is 2. The molecule has 0 bridgehead atoms.